The van der Waals surface area contributed by atoms with Crippen molar-refractivity contribution in [2.75, 3.05) is 0 Å². The van der Waals surface area contributed by atoms with E-state index in [0.717, 1.165) is 40.7 Å². The number of nitrogens with one attached hydrogen (secondary N) is 1. The molecule has 41 heavy (non-hydrogen) atoms. The lowest BCUT2D eigenvalue weighted by Gasteiger charge is -2.17. The van der Waals surface area contributed by atoms with E-state index in [9.17, 15) is 14.7 Å². The summed E-state index contributed by atoms with van der Waals surface area (Å²) in [5.74, 6) is -1.18. The van der Waals surface area contributed by atoms with Crippen LogP contribution in [0, 0.1) is 0 Å². The molecule has 1 fully saturated rings. The van der Waals surface area contributed by atoms with Crippen LogP contribution in [-0.4, -0.2) is 26.4 Å². The summed E-state index contributed by atoms with van der Waals surface area (Å²) in [4.78, 5) is 30.0. The van der Waals surface area contributed by atoms with E-state index < -0.39 is 5.97 Å². The number of hydrogen-bond acceptors (Lipinski definition) is 3. The summed E-state index contributed by atoms with van der Waals surface area (Å²) in [5.41, 5.74) is 6.24. The van der Waals surface area contributed by atoms with Crippen LogP contribution in [0.5, 0.6) is 0 Å². The molecule has 1 aliphatic carbocycles. The number of pyridine rings is 1. The molecule has 0 aliphatic heterocycles. The molecular formula is C35H27N3O3. The third kappa shape index (κ3) is 4.43. The van der Waals surface area contributed by atoms with E-state index in [0.29, 0.717) is 5.56 Å². The molecule has 2 N–H and O–H groups in total. The second-order valence-electron chi connectivity index (χ2n) is 10.7. The Kier molecular flexibility index (Phi) is 5.89. The monoisotopic (exact) mass is 537 g/mol. The summed E-state index contributed by atoms with van der Waals surface area (Å²) in [6.45, 7) is 0.278. The van der Waals surface area contributed by atoms with Gasteiger partial charge in [0.15, 0.2) is 0 Å². The van der Waals surface area contributed by atoms with Gasteiger partial charge in [0.25, 0.3) is 5.91 Å². The number of benzene rings is 4. The predicted octanol–water partition coefficient (Wildman–Crippen LogP) is 6.86. The van der Waals surface area contributed by atoms with Crippen molar-refractivity contribution in [2.24, 2.45) is 0 Å². The number of carbonyl (C=O) groups excluding carboxylic acids is 1. The molecule has 0 atom stereocenters. The lowest BCUT2D eigenvalue weighted by Crippen LogP contribution is -2.24. The topological polar surface area (TPSA) is 83.7 Å². The second kappa shape index (κ2) is 9.75. The molecule has 6 aromatic rings. The summed E-state index contributed by atoms with van der Waals surface area (Å²) in [6.07, 6.45) is 5.80. The van der Waals surface area contributed by atoms with Gasteiger partial charge in [-0.25, -0.2) is 9.78 Å². The number of nitrogens with zero attached hydrogens (tertiary/aromatic N) is 2. The van der Waals surface area contributed by atoms with Gasteiger partial charge in [0, 0.05) is 18.2 Å². The maximum Gasteiger partial charge on any atom is 0.335 e. The molecule has 0 spiro atoms. The smallest absolute Gasteiger partial charge is 0.335 e. The van der Waals surface area contributed by atoms with Gasteiger partial charge < -0.3 is 14.8 Å². The number of carboxylic acid groups (broad SMARTS) is 1. The maximum atomic E-state index is 13.9. The molecule has 1 saturated carbocycles. The Morgan fingerprint density at radius 2 is 1.56 bits per heavy atom. The Balaban J connectivity index is 1.31. The molecule has 6 nitrogen and oxygen atoms in total. The molecule has 4 aromatic carbocycles. The van der Waals surface area contributed by atoms with Crippen molar-refractivity contribution in [3.05, 3.63) is 144 Å². The van der Waals surface area contributed by atoms with E-state index in [1.54, 1.807) is 24.3 Å². The number of carbonyl (C=O) groups is 2. The number of rotatable bonds is 7. The fourth-order valence-electron chi connectivity index (χ4n) is 5.77. The highest BCUT2D eigenvalue weighted by Crippen LogP contribution is 2.54. The number of imidazole rings is 1. The van der Waals surface area contributed by atoms with Gasteiger partial charge in [0.1, 0.15) is 0 Å². The zero-order chi connectivity index (χ0) is 28.0. The Bertz CT molecular complexity index is 1940. The van der Waals surface area contributed by atoms with E-state index in [4.69, 9.17) is 4.98 Å². The van der Waals surface area contributed by atoms with E-state index in [-0.39, 0.29) is 23.4 Å². The fraction of sp³-hybridized carbons (Fsp3) is 0.114. The van der Waals surface area contributed by atoms with Crippen molar-refractivity contribution in [1.82, 2.24) is 14.7 Å². The van der Waals surface area contributed by atoms with Crippen molar-refractivity contribution < 1.29 is 14.7 Å². The van der Waals surface area contributed by atoms with Crippen molar-refractivity contribution in [3.8, 4) is 11.1 Å². The zero-order valence-electron chi connectivity index (χ0n) is 22.2. The summed E-state index contributed by atoms with van der Waals surface area (Å²) in [7, 11) is 0. The van der Waals surface area contributed by atoms with Gasteiger partial charge in [-0.1, -0.05) is 84.9 Å². The van der Waals surface area contributed by atoms with Crippen LogP contribution in [-0.2, 0) is 12.0 Å². The van der Waals surface area contributed by atoms with Gasteiger partial charge >= 0.3 is 5.97 Å². The van der Waals surface area contributed by atoms with Crippen LogP contribution in [0.1, 0.15) is 50.4 Å². The molecule has 0 bridgehead atoms. The first kappa shape index (κ1) is 24.8. The minimum Gasteiger partial charge on any atom is -0.478 e. The van der Waals surface area contributed by atoms with Gasteiger partial charge in [0.2, 0.25) is 0 Å². The van der Waals surface area contributed by atoms with Crippen molar-refractivity contribution in [3.63, 3.8) is 0 Å². The Labute approximate surface area is 236 Å². The molecule has 200 valence electrons. The summed E-state index contributed by atoms with van der Waals surface area (Å²) >= 11 is 0. The molecule has 1 amide bonds. The molecule has 6 heteroatoms. The zero-order valence-corrected chi connectivity index (χ0v) is 22.2. The first-order valence-corrected chi connectivity index (χ1v) is 13.7. The molecule has 0 radical (unpaired) electrons. The molecule has 0 saturated heterocycles. The standard InChI is InChI=1S/C35H27N3O3/c39-33(36-20-23-10-12-26(13-11-23)34(40)41)30-19-28(24-6-2-1-3-7-24)21-38-22-37-32(31(30)38)35(16-17-35)29-15-14-25-8-4-5-9-27(25)18-29/h1-15,18-19,21-22H,16-17,20H2,(H,36,39)(H,40,41). The summed E-state index contributed by atoms with van der Waals surface area (Å²) in [6, 6.07) is 33.5. The van der Waals surface area contributed by atoms with Crippen LogP contribution >= 0.6 is 0 Å². The van der Waals surface area contributed by atoms with E-state index >= 15 is 0 Å². The Hall–Kier alpha value is -5.23. The highest BCUT2D eigenvalue weighted by molar-refractivity contribution is 6.03. The largest absolute Gasteiger partial charge is 0.478 e. The quantitative estimate of drug-likeness (QED) is 0.233. The molecule has 2 heterocycles. The highest BCUT2D eigenvalue weighted by Gasteiger charge is 2.49. The highest BCUT2D eigenvalue weighted by atomic mass is 16.4. The maximum absolute atomic E-state index is 13.9. The van der Waals surface area contributed by atoms with Crippen molar-refractivity contribution in [2.45, 2.75) is 24.8 Å². The van der Waals surface area contributed by atoms with Crippen LogP contribution in [0.2, 0.25) is 0 Å². The lowest BCUT2D eigenvalue weighted by molar-refractivity contribution is 0.0696. The number of fused-ring (bicyclic) bond motifs is 2. The van der Waals surface area contributed by atoms with Crippen LogP contribution in [0.25, 0.3) is 27.4 Å². The number of amides is 1. The molecule has 1 aliphatic rings. The van der Waals surface area contributed by atoms with E-state index in [1.165, 1.54) is 16.3 Å². The third-order valence-corrected chi connectivity index (χ3v) is 8.14. The van der Waals surface area contributed by atoms with Gasteiger partial charge in [-0.05, 0) is 64.1 Å². The minimum absolute atomic E-state index is 0.203. The first-order chi connectivity index (χ1) is 20.0. The van der Waals surface area contributed by atoms with Gasteiger partial charge in [-0.2, -0.15) is 0 Å². The van der Waals surface area contributed by atoms with E-state index in [2.05, 4.69) is 41.7 Å². The fourth-order valence-corrected chi connectivity index (χ4v) is 5.77. The SMILES string of the molecule is O=C(O)c1ccc(CNC(=O)c2cc(-c3ccccc3)cn3cnc(C4(c5ccc6ccccc6c5)CC4)c23)cc1. The van der Waals surface area contributed by atoms with Crippen molar-refractivity contribution in [1.29, 1.82) is 0 Å². The van der Waals surface area contributed by atoms with Gasteiger partial charge in [0.05, 0.1) is 28.7 Å². The van der Waals surface area contributed by atoms with Gasteiger partial charge in [-0.3, -0.25) is 4.79 Å². The van der Waals surface area contributed by atoms with E-state index in [1.807, 2.05) is 59.4 Å². The average molecular weight is 538 g/mol. The van der Waals surface area contributed by atoms with Crippen LogP contribution in [0.15, 0.2) is 116 Å². The number of aromatic nitrogens is 2. The van der Waals surface area contributed by atoms with Crippen LogP contribution in [0.4, 0.5) is 0 Å². The Morgan fingerprint density at radius 1 is 0.829 bits per heavy atom. The van der Waals surface area contributed by atoms with Crippen LogP contribution < -0.4 is 5.32 Å². The number of aromatic carboxylic acids is 1. The molecule has 0 unspecified atom stereocenters. The summed E-state index contributed by atoms with van der Waals surface area (Å²) < 4.78 is 1.98. The van der Waals surface area contributed by atoms with Crippen molar-refractivity contribution >= 4 is 28.2 Å². The molecule has 7 rings (SSSR count). The van der Waals surface area contributed by atoms with Crippen LogP contribution in [0.3, 0.4) is 0 Å². The molecule has 2 aromatic heterocycles. The lowest BCUT2D eigenvalue weighted by atomic mass is 9.89. The average Bonchev–Trinajstić information content (AvgIpc) is 3.71. The van der Waals surface area contributed by atoms with Gasteiger partial charge in [-0.15, -0.1) is 0 Å². The second-order valence-corrected chi connectivity index (χ2v) is 10.7. The first-order valence-electron chi connectivity index (χ1n) is 13.7. The summed E-state index contributed by atoms with van der Waals surface area (Å²) in [5, 5.41) is 14.6. The Morgan fingerprint density at radius 3 is 2.29 bits per heavy atom. The predicted molar refractivity (Wildman–Crippen MR) is 159 cm³/mol. The molecular weight excluding hydrogens is 510 g/mol. The minimum atomic E-state index is -0.977. The number of carboxylic acids is 1. The normalized spacial score (nSPS) is 13.8. The number of hydrogen-bond donors (Lipinski definition) is 2. The third-order valence-electron chi connectivity index (χ3n) is 8.14.